The van der Waals surface area contributed by atoms with Crippen LogP contribution < -0.4 is 0 Å². The normalized spacial score (nSPS) is 11.5. The number of nitrogens with zero attached hydrogens (tertiary/aromatic N) is 2. The number of carbonyl (C=O) groups excluding carboxylic acids is 1. The van der Waals surface area contributed by atoms with Crippen molar-refractivity contribution in [1.82, 2.24) is 0 Å². The van der Waals surface area contributed by atoms with E-state index >= 15 is 0 Å². The molecule has 72 valence electrons. The summed E-state index contributed by atoms with van der Waals surface area (Å²) in [4.78, 5) is 28.8. The molecule has 0 rings (SSSR count). The fraction of sp³-hybridized carbons (Fsp3) is 0.500. The van der Waals surface area contributed by atoms with E-state index in [0.29, 0.717) is 6.08 Å². The van der Waals surface area contributed by atoms with E-state index < -0.39 is 21.3 Å². The highest BCUT2D eigenvalue weighted by Crippen LogP contribution is 2.11. The third-order valence-corrected chi connectivity index (χ3v) is 1.37. The van der Waals surface area contributed by atoms with Crippen LogP contribution in [0.25, 0.3) is 0 Å². The Kier molecular flexibility index (Phi) is 3.23. The standard InChI is InChI=1S/C6H8N2O5/c1-5(9)3-4-6(2,7(10)11)8(12)13/h3-4H,1-2H3. The third kappa shape index (κ3) is 2.62. The Balaban J connectivity index is 4.93. The Morgan fingerprint density at radius 1 is 1.31 bits per heavy atom. The van der Waals surface area contributed by atoms with Gasteiger partial charge in [-0.3, -0.25) is 25.0 Å². The quantitative estimate of drug-likeness (QED) is 0.275. The zero-order chi connectivity index (χ0) is 10.6. The molecule has 0 aromatic rings. The molecule has 0 aromatic heterocycles. The number of hydrogen-bond donors (Lipinski definition) is 0. The molecule has 0 aliphatic rings. The molecule has 7 heteroatoms. The summed E-state index contributed by atoms with van der Waals surface area (Å²) in [7, 11) is 0. The van der Waals surface area contributed by atoms with Crippen molar-refractivity contribution < 1.29 is 14.6 Å². The SMILES string of the molecule is CC(=O)C=CC(C)([N+](=O)[O-])[N+](=O)[O-]. The first-order valence-electron chi connectivity index (χ1n) is 3.29. The average molecular weight is 188 g/mol. The van der Waals surface area contributed by atoms with E-state index in [1.54, 1.807) is 0 Å². The molecule has 0 bridgehead atoms. The van der Waals surface area contributed by atoms with Crippen LogP contribution in [0.15, 0.2) is 12.2 Å². The summed E-state index contributed by atoms with van der Waals surface area (Å²) in [5.41, 5.74) is -2.42. The Labute approximate surface area is 73.3 Å². The number of allylic oxidation sites excluding steroid dienone is 1. The first kappa shape index (κ1) is 11.2. The zero-order valence-electron chi connectivity index (χ0n) is 7.09. The average Bonchev–Trinajstić information content (AvgIpc) is 1.99. The van der Waals surface area contributed by atoms with E-state index in [2.05, 4.69) is 0 Å². The Morgan fingerprint density at radius 2 is 1.69 bits per heavy atom. The summed E-state index contributed by atoms with van der Waals surface area (Å²) < 4.78 is 0. The second-order valence-corrected chi connectivity index (χ2v) is 2.55. The van der Waals surface area contributed by atoms with Crippen molar-refractivity contribution in [1.29, 1.82) is 0 Å². The predicted molar refractivity (Wildman–Crippen MR) is 42.2 cm³/mol. The predicted octanol–water partition coefficient (Wildman–Crippen LogP) is 0.401. The lowest BCUT2D eigenvalue weighted by molar-refractivity contribution is -0.776. The summed E-state index contributed by atoms with van der Waals surface area (Å²) in [6, 6.07) is 0. The zero-order valence-corrected chi connectivity index (χ0v) is 7.09. The van der Waals surface area contributed by atoms with Gasteiger partial charge in [-0.2, -0.15) is 0 Å². The highest BCUT2D eigenvalue weighted by Gasteiger charge is 2.47. The maximum Gasteiger partial charge on any atom is 0.475 e. The highest BCUT2D eigenvalue weighted by atomic mass is 16.7. The Bertz CT molecular complexity index is 269. The molecule has 0 spiro atoms. The molecule has 0 fully saturated rings. The minimum atomic E-state index is -2.42. The lowest BCUT2D eigenvalue weighted by Gasteiger charge is -2.06. The van der Waals surface area contributed by atoms with E-state index in [0.717, 1.165) is 19.9 Å². The smallest absolute Gasteiger partial charge is 0.295 e. The van der Waals surface area contributed by atoms with Gasteiger partial charge in [-0.05, 0) is 13.0 Å². The van der Waals surface area contributed by atoms with Gasteiger partial charge in [0.2, 0.25) is 0 Å². The van der Waals surface area contributed by atoms with E-state index in [9.17, 15) is 25.0 Å². The largest absolute Gasteiger partial charge is 0.475 e. The minimum Gasteiger partial charge on any atom is -0.295 e. The molecular formula is C6H8N2O5. The summed E-state index contributed by atoms with van der Waals surface area (Å²) in [6.07, 6.45) is 1.47. The van der Waals surface area contributed by atoms with Gasteiger partial charge < -0.3 is 0 Å². The van der Waals surface area contributed by atoms with Crippen LogP contribution in [0.4, 0.5) is 0 Å². The molecule has 0 aromatic carbocycles. The maximum atomic E-state index is 10.4. The Hall–Kier alpha value is -1.79. The fourth-order valence-corrected chi connectivity index (χ4v) is 0.464. The van der Waals surface area contributed by atoms with E-state index in [1.165, 1.54) is 0 Å². The van der Waals surface area contributed by atoms with Crippen LogP contribution in [0.2, 0.25) is 0 Å². The third-order valence-electron chi connectivity index (χ3n) is 1.37. The van der Waals surface area contributed by atoms with Gasteiger partial charge in [-0.15, -0.1) is 0 Å². The van der Waals surface area contributed by atoms with Crippen LogP contribution >= 0.6 is 0 Å². The molecule has 0 N–H and O–H groups in total. The van der Waals surface area contributed by atoms with Crippen molar-refractivity contribution in [3.63, 3.8) is 0 Å². The lowest BCUT2D eigenvalue weighted by atomic mass is 10.2. The van der Waals surface area contributed by atoms with Crippen molar-refractivity contribution >= 4 is 5.78 Å². The number of ketones is 1. The van der Waals surface area contributed by atoms with Crippen LogP contribution in [-0.2, 0) is 4.79 Å². The number of hydrogen-bond acceptors (Lipinski definition) is 5. The van der Waals surface area contributed by atoms with Crippen LogP contribution in [0.1, 0.15) is 13.8 Å². The molecule has 0 unspecified atom stereocenters. The summed E-state index contributed by atoms with van der Waals surface area (Å²) in [6.45, 7) is 1.96. The van der Waals surface area contributed by atoms with Crippen molar-refractivity contribution in [3.8, 4) is 0 Å². The van der Waals surface area contributed by atoms with Crippen LogP contribution in [0.5, 0.6) is 0 Å². The van der Waals surface area contributed by atoms with Gasteiger partial charge in [0.25, 0.3) is 0 Å². The van der Waals surface area contributed by atoms with Gasteiger partial charge in [0.1, 0.15) is 9.85 Å². The second-order valence-electron chi connectivity index (χ2n) is 2.55. The van der Waals surface area contributed by atoms with Crippen LogP contribution in [0.3, 0.4) is 0 Å². The van der Waals surface area contributed by atoms with Gasteiger partial charge in [-0.1, -0.05) is 0 Å². The molecule has 0 radical (unpaired) electrons. The number of nitro groups is 2. The monoisotopic (exact) mass is 188 g/mol. The first-order chi connectivity index (χ1) is 5.80. The van der Waals surface area contributed by atoms with E-state index in [4.69, 9.17) is 0 Å². The lowest BCUT2D eigenvalue weighted by Crippen LogP contribution is -2.41. The van der Waals surface area contributed by atoms with Crippen molar-refractivity contribution in [2.45, 2.75) is 19.5 Å². The topological polar surface area (TPSA) is 103 Å². The van der Waals surface area contributed by atoms with Gasteiger partial charge in [0.15, 0.2) is 5.78 Å². The number of carbonyl (C=O) groups is 1. The van der Waals surface area contributed by atoms with Gasteiger partial charge in [0, 0.05) is 0 Å². The molecule has 0 atom stereocenters. The van der Waals surface area contributed by atoms with Crippen molar-refractivity contribution in [3.05, 3.63) is 32.4 Å². The van der Waals surface area contributed by atoms with Gasteiger partial charge >= 0.3 is 5.66 Å². The summed E-state index contributed by atoms with van der Waals surface area (Å²) in [5.74, 6) is -0.477. The molecular weight excluding hydrogens is 180 g/mol. The summed E-state index contributed by atoms with van der Waals surface area (Å²) in [5, 5.41) is 20.6. The molecule has 7 nitrogen and oxygen atoms in total. The van der Waals surface area contributed by atoms with Gasteiger partial charge in [0.05, 0.1) is 13.0 Å². The van der Waals surface area contributed by atoms with Crippen molar-refractivity contribution in [2.24, 2.45) is 0 Å². The molecule has 13 heavy (non-hydrogen) atoms. The first-order valence-corrected chi connectivity index (χ1v) is 3.29. The Morgan fingerprint density at radius 3 is 1.92 bits per heavy atom. The van der Waals surface area contributed by atoms with E-state index in [-0.39, 0.29) is 0 Å². The summed E-state index contributed by atoms with van der Waals surface area (Å²) >= 11 is 0. The maximum absolute atomic E-state index is 10.4. The minimum absolute atomic E-state index is 0.477. The molecule has 0 aliphatic carbocycles. The molecule has 0 saturated carbocycles. The fourth-order valence-electron chi connectivity index (χ4n) is 0.464. The van der Waals surface area contributed by atoms with Crippen molar-refractivity contribution in [2.75, 3.05) is 0 Å². The molecule has 0 saturated heterocycles. The van der Waals surface area contributed by atoms with E-state index in [1.807, 2.05) is 0 Å². The highest BCUT2D eigenvalue weighted by molar-refractivity contribution is 5.87. The van der Waals surface area contributed by atoms with Crippen LogP contribution in [-0.4, -0.2) is 21.3 Å². The second kappa shape index (κ2) is 3.74. The molecule has 0 amide bonds. The molecule has 0 aliphatic heterocycles. The number of rotatable bonds is 4. The van der Waals surface area contributed by atoms with Gasteiger partial charge in [-0.25, -0.2) is 0 Å². The molecule has 0 heterocycles. The van der Waals surface area contributed by atoms with Crippen LogP contribution in [0, 0.1) is 20.2 Å².